The van der Waals surface area contributed by atoms with Crippen molar-refractivity contribution in [1.82, 2.24) is 0 Å². The maximum Gasteiger partial charge on any atom is 0.139 e. The molecular weight excluding hydrogens is 252 g/mol. The third-order valence-electron chi connectivity index (χ3n) is 3.38. The van der Waals surface area contributed by atoms with Crippen LogP contribution in [0.4, 0.5) is 0 Å². The second kappa shape index (κ2) is 5.47. The zero-order chi connectivity index (χ0) is 11.5. The Morgan fingerprint density at radius 1 is 1.27 bits per heavy atom. The average molecular weight is 275 g/mol. The number of carbonyl (C=O) groups is 1. The van der Waals surface area contributed by atoms with E-state index in [4.69, 9.17) is 0 Å². The fraction of sp³-hybridized carbons (Fsp3) is 0.923. The molecule has 0 radical (unpaired) electrons. The van der Waals surface area contributed by atoms with Gasteiger partial charge in [0.1, 0.15) is 5.78 Å². The lowest BCUT2D eigenvalue weighted by Crippen LogP contribution is -2.27. The quantitative estimate of drug-likeness (QED) is 0.700. The fourth-order valence-corrected chi connectivity index (χ4v) is 2.97. The molecule has 0 saturated heterocycles. The van der Waals surface area contributed by atoms with Crippen LogP contribution < -0.4 is 0 Å². The van der Waals surface area contributed by atoms with Crippen LogP contribution in [-0.4, -0.2) is 10.6 Å². The van der Waals surface area contributed by atoms with Crippen LogP contribution in [0.15, 0.2) is 0 Å². The number of Topliss-reactive ketones (excluding diaryl/α,β-unsaturated/α-hetero) is 1. The van der Waals surface area contributed by atoms with Crippen molar-refractivity contribution in [3.05, 3.63) is 0 Å². The van der Waals surface area contributed by atoms with Gasteiger partial charge < -0.3 is 0 Å². The largest absolute Gasteiger partial charge is 0.299 e. The van der Waals surface area contributed by atoms with Crippen molar-refractivity contribution in [2.45, 2.75) is 64.1 Å². The highest BCUT2D eigenvalue weighted by molar-refractivity contribution is 9.09. The minimum atomic E-state index is -0.180. The Bertz CT molecular complexity index is 211. The van der Waals surface area contributed by atoms with Crippen LogP contribution in [0.5, 0.6) is 0 Å². The van der Waals surface area contributed by atoms with Gasteiger partial charge in [-0.1, -0.05) is 56.0 Å². The number of hydrogen-bond donors (Lipinski definition) is 0. The third-order valence-corrected chi connectivity index (χ3v) is 4.45. The van der Waals surface area contributed by atoms with E-state index in [9.17, 15) is 4.79 Å². The molecule has 0 bridgehead atoms. The first-order chi connectivity index (χ1) is 6.91. The molecule has 0 aliphatic heterocycles. The highest BCUT2D eigenvalue weighted by Gasteiger charge is 2.28. The van der Waals surface area contributed by atoms with Crippen molar-refractivity contribution in [1.29, 1.82) is 0 Å². The molecule has 1 fully saturated rings. The molecule has 1 aliphatic carbocycles. The van der Waals surface area contributed by atoms with E-state index in [1.165, 1.54) is 32.1 Å². The molecule has 1 unspecified atom stereocenters. The lowest BCUT2D eigenvalue weighted by atomic mass is 9.82. The van der Waals surface area contributed by atoms with E-state index in [0.29, 0.717) is 17.0 Å². The van der Waals surface area contributed by atoms with E-state index in [2.05, 4.69) is 15.9 Å². The van der Waals surface area contributed by atoms with Crippen LogP contribution in [0.2, 0.25) is 0 Å². The van der Waals surface area contributed by atoms with Crippen LogP contribution in [0.1, 0.15) is 59.3 Å². The van der Waals surface area contributed by atoms with E-state index >= 15 is 0 Å². The van der Waals surface area contributed by atoms with Crippen molar-refractivity contribution in [3.8, 4) is 0 Å². The van der Waals surface area contributed by atoms with Crippen molar-refractivity contribution >= 4 is 21.7 Å². The van der Waals surface area contributed by atoms with Gasteiger partial charge in [-0.25, -0.2) is 0 Å². The molecule has 1 aliphatic rings. The van der Waals surface area contributed by atoms with Gasteiger partial charge in [0.05, 0.1) is 0 Å². The summed E-state index contributed by atoms with van der Waals surface area (Å²) in [4.78, 5) is 12.3. The smallest absolute Gasteiger partial charge is 0.139 e. The lowest BCUT2D eigenvalue weighted by Gasteiger charge is -2.28. The normalized spacial score (nSPS) is 21.3. The lowest BCUT2D eigenvalue weighted by molar-refractivity contribution is -0.126. The van der Waals surface area contributed by atoms with E-state index in [1.807, 2.05) is 20.8 Å². The van der Waals surface area contributed by atoms with Gasteiger partial charge in [0.2, 0.25) is 0 Å². The summed E-state index contributed by atoms with van der Waals surface area (Å²) in [6, 6.07) is 0. The zero-order valence-electron chi connectivity index (χ0n) is 10.2. The molecule has 0 aromatic heterocycles. The summed E-state index contributed by atoms with van der Waals surface area (Å²) in [5.41, 5.74) is -0.180. The molecule has 0 aromatic carbocycles. The van der Waals surface area contributed by atoms with E-state index in [1.54, 1.807) is 0 Å². The van der Waals surface area contributed by atoms with Gasteiger partial charge in [0, 0.05) is 16.7 Å². The van der Waals surface area contributed by atoms with Crippen LogP contribution in [0, 0.1) is 11.3 Å². The Balaban J connectivity index is 2.40. The highest BCUT2D eigenvalue weighted by atomic mass is 79.9. The molecule has 0 amide bonds. The maximum atomic E-state index is 11.9. The number of carbonyl (C=O) groups excluding carboxylic acids is 1. The molecule has 2 heteroatoms. The van der Waals surface area contributed by atoms with Gasteiger partial charge in [-0.3, -0.25) is 4.79 Å². The molecule has 0 heterocycles. The molecule has 0 aromatic rings. The molecule has 1 atom stereocenters. The predicted molar refractivity (Wildman–Crippen MR) is 68.4 cm³/mol. The summed E-state index contributed by atoms with van der Waals surface area (Å²) >= 11 is 3.71. The third kappa shape index (κ3) is 4.26. The number of ketones is 1. The Morgan fingerprint density at radius 3 is 2.27 bits per heavy atom. The molecular formula is C13H23BrO. The summed E-state index contributed by atoms with van der Waals surface area (Å²) in [6.45, 7) is 6.03. The molecule has 1 rings (SSSR count). The van der Waals surface area contributed by atoms with Gasteiger partial charge in [-0.05, 0) is 18.8 Å². The van der Waals surface area contributed by atoms with Crippen LogP contribution >= 0.6 is 15.9 Å². The van der Waals surface area contributed by atoms with Gasteiger partial charge >= 0.3 is 0 Å². The first kappa shape index (κ1) is 13.2. The van der Waals surface area contributed by atoms with Crippen LogP contribution in [0.25, 0.3) is 0 Å². The van der Waals surface area contributed by atoms with Crippen molar-refractivity contribution in [2.24, 2.45) is 11.3 Å². The molecule has 0 N–H and O–H groups in total. The Kier molecular flexibility index (Phi) is 4.82. The first-order valence-electron chi connectivity index (χ1n) is 6.08. The van der Waals surface area contributed by atoms with E-state index in [0.717, 1.165) is 5.92 Å². The standard InChI is InChI=1S/C13H23BrO/c1-13(2,3)12(15)9-11(14)10-7-5-4-6-8-10/h10-11H,4-9H2,1-3H3. The SMILES string of the molecule is CC(C)(C)C(=O)CC(Br)C1CCCCC1. The van der Waals surface area contributed by atoms with Crippen molar-refractivity contribution in [2.75, 3.05) is 0 Å². The molecule has 0 spiro atoms. The molecule has 15 heavy (non-hydrogen) atoms. The summed E-state index contributed by atoms with van der Waals surface area (Å²) in [5, 5.41) is 0. The van der Waals surface area contributed by atoms with Crippen molar-refractivity contribution in [3.63, 3.8) is 0 Å². The molecule has 88 valence electrons. The van der Waals surface area contributed by atoms with Gasteiger partial charge in [0.25, 0.3) is 0 Å². The second-order valence-corrected chi connectivity index (χ2v) is 6.97. The Morgan fingerprint density at radius 2 is 1.80 bits per heavy atom. The monoisotopic (exact) mass is 274 g/mol. The molecule has 1 saturated carbocycles. The Labute approximate surface area is 102 Å². The van der Waals surface area contributed by atoms with Crippen LogP contribution in [0.3, 0.4) is 0 Å². The zero-order valence-corrected chi connectivity index (χ0v) is 11.8. The number of alkyl halides is 1. The van der Waals surface area contributed by atoms with Gasteiger partial charge in [0.15, 0.2) is 0 Å². The molecule has 1 nitrogen and oxygen atoms in total. The number of halogens is 1. The average Bonchev–Trinajstić information content (AvgIpc) is 2.17. The number of hydrogen-bond acceptors (Lipinski definition) is 1. The Hall–Kier alpha value is 0.150. The van der Waals surface area contributed by atoms with E-state index in [-0.39, 0.29) is 5.41 Å². The fourth-order valence-electron chi connectivity index (χ4n) is 2.15. The summed E-state index contributed by atoms with van der Waals surface area (Å²) in [6.07, 6.45) is 7.37. The minimum Gasteiger partial charge on any atom is -0.299 e. The topological polar surface area (TPSA) is 17.1 Å². The predicted octanol–water partition coefficient (Wildman–Crippen LogP) is 4.34. The maximum absolute atomic E-state index is 11.9. The summed E-state index contributed by atoms with van der Waals surface area (Å²) in [5.74, 6) is 1.11. The highest BCUT2D eigenvalue weighted by Crippen LogP contribution is 2.33. The number of rotatable bonds is 3. The second-order valence-electron chi connectivity index (χ2n) is 5.79. The summed E-state index contributed by atoms with van der Waals surface area (Å²) in [7, 11) is 0. The van der Waals surface area contributed by atoms with Gasteiger partial charge in [-0.2, -0.15) is 0 Å². The first-order valence-corrected chi connectivity index (χ1v) is 7.00. The van der Waals surface area contributed by atoms with Crippen molar-refractivity contribution < 1.29 is 4.79 Å². The van der Waals surface area contributed by atoms with Gasteiger partial charge in [-0.15, -0.1) is 0 Å². The summed E-state index contributed by atoms with van der Waals surface area (Å²) < 4.78 is 0. The minimum absolute atomic E-state index is 0.180. The van der Waals surface area contributed by atoms with Crippen LogP contribution in [-0.2, 0) is 4.79 Å². The van der Waals surface area contributed by atoms with E-state index < -0.39 is 0 Å².